The SMILES string of the molecule is N#CCCC=CO. The van der Waals surface area contributed by atoms with Crippen LogP contribution in [0.3, 0.4) is 0 Å². The van der Waals surface area contributed by atoms with Gasteiger partial charge in [0, 0.05) is 6.42 Å². The fourth-order valence-electron chi connectivity index (χ4n) is 0.222. The number of hydrogen-bond donors (Lipinski definition) is 1. The third kappa shape index (κ3) is 5.03. The van der Waals surface area contributed by atoms with E-state index < -0.39 is 0 Å². The van der Waals surface area contributed by atoms with E-state index in [0.29, 0.717) is 12.8 Å². The van der Waals surface area contributed by atoms with Gasteiger partial charge in [0.1, 0.15) is 0 Å². The van der Waals surface area contributed by atoms with Crippen molar-refractivity contribution in [2.24, 2.45) is 0 Å². The highest BCUT2D eigenvalue weighted by atomic mass is 16.2. The first-order valence-electron chi connectivity index (χ1n) is 2.08. The van der Waals surface area contributed by atoms with Gasteiger partial charge in [0.2, 0.25) is 0 Å². The maximum atomic E-state index is 8.00. The molecule has 0 saturated heterocycles. The Kier molecular flexibility index (Phi) is 4.33. The molecule has 7 heavy (non-hydrogen) atoms. The zero-order valence-corrected chi connectivity index (χ0v) is 3.96. The van der Waals surface area contributed by atoms with Crippen molar-refractivity contribution < 1.29 is 5.11 Å². The summed E-state index contributed by atoms with van der Waals surface area (Å²) in [6.45, 7) is 0. The molecule has 0 fully saturated rings. The Bertz CT molecular complexity index is 90.7. The molecule has 0 heterocycles. The first-order valence-corrected chi connectivity index (χ1v) is 2.08. The van der Waals surface area contributed by atoms with Gasteiger partial charge in [0.25, 0.3) is 0 Å². The number of nitriles is 1. The van der Waals surface area contributed by atoms with Crippen LogP contribution in [0.2, 0.25) is 0 Å². The predicted octanol–water partition coefficient (Wildman–Crippen LogP) is 1.36. The van der Waals surface area contributed by atoms with E-state index in [4.69, 9.17) is 10.4 Å². The molecule has 0 aromatic carbocycles. The average Bonchev–Trinajstić information content (AvgIpc) is 1.69. The molecule has 0 aromatic heterocycles. The maximum Gasteiger partial charge on any atom is 0.0752 e. The second-order valence-corrected chi connectivity index (χ2v) is 1.08. The molecule has 0 radical (unpaired) electrons. The van der Waals surface area contributed by atoms with Crippen LogP contribution in [0, 0.1) is 11.3 Å². The van der Waals surface area contributed by atoms with Crippen LogP contribution in [0.25, 0.3) is 0 Å². The molecule has 0 aliphatic carbocycles. The lowest BCUT2D eigenvalue weighted by atomic mass is 10.3. The number of nitrogens with zero attached hydrogens (tertiary/aromatic N) is 1. The summed E-state index contributed by atoms with van der Waals surface area (Å²) in [6, 6.07) is 1.94. The van der Waals surface area contributed by atoms with Gasteiger partial charge in [-0.25, -0.2) is 0 Å². The lowest BCUT2D eigenvalue weighted by Gasteiger charge is -1.74. The zero-order chi connectivity index (χ0) is 5.54. The van der Waals surface area contributed by atoms with Crippen molar-refractivity contribution in [3.05, 3.63) is 12.3 Å². The minimum Gasteiger partial charge on any atom is -0.516 e. The Morgan fingerprint density at radius 1 is 1.71 bits per heavy atom. The molecule has 0 aliphatic heterocycles. The molecule has 0 atom stereocenters. The lowest BCUT2D eigenvalue weighted by Crippen LogP contribution is -1.61. The lowest BCUT2D eigenvalue weighted by molar-refractivity contribution is 0.471. The Hall–Kier alpha value is -0.970. The van der Waals surface area contributed by atoms with Crippen molar-refractivity contribution >= 4 is 0 Å². The Morgan fingerprint density at radius 3 is 2.86 bits per heavy atom. The van der Waals surface area contributed by atoms with E-state index in [0.717, 1.165) is 6.26 Å². The van der Waals surface area contributed by atoms with Crippen LogP contribution in [-0.4, -0.2) is 5.11 Å². The Balaban J connectivity index is 2.87. The van der Waals surface area contributed by atoms with Crippen LogP contribution in [0.15, 0.2) is 12.3 Å². The highest BCUT2D eigenvalue weighted by molar-refractivity contribution is 4.79. The van der Waals surface area contributed by atoms with Crippen LogP contribution < -0.4 is 0 Å². The van der Waals surface area contributed by atoms with Gasteiger partial charge < -0.3 is 5.11 Å². The summed E-state index contributed by atoms with van der Waals surface area (Å²) in [7, 11) is 0. The molecule has 0 spiro atoms. The molecule has 0 aromatic rings. The summed E-state index contributed by atoms with van der Waals surface area (Å²) in [5, 5.41) is 15.9. The van der Waals surface area contributed by atoms with Crippen LogP contribution in [0.5, 0.6) is 0 Å². The molecule has 0 amide bonds. The van der Waals surface area contributed by atoms with Gasteiger partial charge in [-0.15, -0.1) is 0 Å². The molecule has 0 saturated carbocycles. The predicted molar refractivity (Wildman–Crippen MR) is 26.6 cm³/mol. The molecule has 0 unspecified atom stereocenters. The Labute approximate surface area is 42.7 Å². The molecular weight excluding hydrogens is 90.1 g/mol. The van der Waals surface area contributed by atoms with E-state index in [1.807, 2.05) is 6.07 Å². The fraction of sp³-hybridized carbons (Fsp3) is 0.400. The van der Waals surface area contributed by atoms with Gasteiger partial charge in [0.05, 0.1) is 12.3 Å². The number of aliphatic hydroxyl groups excluding tert-OH is 1. The van der Waals surface area contributed by atoms with Crippen LogP contribution >= 0.6 is 0 Å². The van der Waals surface area contributed by atoms with E-state index in [1.54, 1.807) is 6.08 Å². The minimum absolute atomic E-state index is 0.483. The minimum atomic E-state index is 0.483. The van der Waals surface area contributed by atoms with Gasteiger partial charge >= 0.3 is 0 Å². The van der Waals surface area contributed by atoms with Crippen LogP contribution in [-0.2, 0) is 0 Å². The molecular formula is C5H7NO. The molecule has 38 valence electrons. The molecule has 2 nitrogen and oxygen atoms in total. The van der Waals surface area contributed by atoms with E-state index in [-0.39, 0.29) is 0 Å². The van der Waals surface area contributed by atoms with E-state index >= 15 is 0 Å². The number of unbranched alkanes of at least 4 members (excludes halogenated alkanes) is 1. The highest BCUT2D eigenvalue weighted by Gasteiger charge is 1.72. The average molecular weight is 97.1 g/mol. The molecule has 2 heteroatoms. The Morgan fingerprint density at radius 2 is 2.43 bits per heavy atom. The second-order valence-electron chi connectivity index (χ2n) is 1.08. The highest BCUT2D eigenvalue weighted by Crippen LogP contribution is 1.84. The summed E-state index contributed by atoms with van der Waals surface area (Å²) in [6.07, 6.45) is 3.63. The summed E-state index contributed by atoms with van der Waals surface area (Å²) in [5.41, 5.74) is 0. The van der Waals surface area contributed by atoms with Crippen LogP contribution in [0.1, 0.15) is 12.8 Å². The fourth-order valence-corrected chi connectivity index (χ4v) is 0.222. The third-order valence-corrected chi connectivity index (χ3v) is 0.528. The summed E-state index contributed by atoms with van der Waals surface area (Å²) >= 11 is 0. The second kappa shape index (κ2) is 5.03. The number of allylic oxidation sites excluding steroid dienone is 1. The monoisotopic (exact) mass is 97.1 g/mol. The van der Waals surface area contributed by atoms with Crippen molar-refractivity contribution in [1.29, 1.82) is 5.26 Å². The number of rotatable bonds is 2. The number of hydrogen-bond acceptors (Lipinski definition) is 2. The molecule has 1 N–H and O–H groups in total. The first kappa shape index (κ1) is 6.03. The smallest absolute Gasteiger partial charge is 0.0752 e. The maximum absolute atomic E-state index is 8.00. The number of aliphatic hydroxyl groups is 1. The summed E-state index contributed by atoms with van der Waals surface area (Å²) in [4.78, 5) is 0. The van der Waals surface area contributed by atoms with Crippen molar-refractivity contribution in [3.8, 4) is 6.07 Å². The molecule has 0 bridgehead atoms. The van der Waals surface area contributed by atoms with Crippen molar-refractivity contribution in [2.45, 2.75) is 12.8 Å². The first-order chi connectivity index (χ1) is 3.41. The topological polar surface area (TPSA) is 44.0 Å². The largest absolute Gasteiger partial charge is 0.516 e. The summed E-state index contributed by atoms with van der Waals surface area (Å²) in [5.74, 6) is 0. The van der Waals surface area contributed by atoms with E-state index in [2.05, 4.69) is 0 Å². The van der Waals surface area contributed by atoms with E-state index in [1.165, 1.54) is 0 Å². The van der Waals surface area contributed by atoms with Gasteiger partial charge in [0.15, 0.2) is 0 Å². The van der Waals surface area contributed by atoms with Crippen molar-refractivity contribution in [3.63, 3.8) is 0 Å². The molecule has 0 aliphatic rings. The third-order valence-electron chi connectivity index (χ3n) is 0.528. The van der Waals surface area contributed by atoms with Crippen molar-refractivity contribution in [1.82, 2.24) is 0 Å². The van der Waals surface area contributed by atoms with Gasteiger partial charge in [-0.05, 0) is 12.5 Å². The van der Waals surface area contributed by atoms with E-state index in [9.17, 15) is 0 Å². The van der Waals surface area contributed by atoms with Gasteiger partial charge in [-0.2, -0.15) is 5.26 Å². The summed E-state index contributed by atoms with van der Waals surface area (Å²) < 4.78 is 0. The van der Waals surface area contributed by atoms with Gasteiger partial charge in [-0.1, -0.05) is 0 Å². The van der Waals surface area contributed by atoms with Gasteiger partial charge in [-0.3, -0.25) is 0 Å². The molecule has 0 rings (SSSR count). The standard InChI is InChI=1S/C5H7NO/c6-4-2-1-3-5-7/h3,5,7H,1-2H2. The van der Waals surface area contributed by atoms with Crippen LogP contribution in [0.4, 0.5) is 0 Å². The normalized spacial score (nSPS) is 9.00. The zero-order valence-electron chi connectivity index (χ0n) is 3.96. The quantitative estimate of drug-likeness (QED) is 0.417. The van der Waals surface area contributed by atoms with Crippen molar-refractivity contribution in [2.75, 3.05) is 0 Å².